The highest BCUT2D eigenvalue weighted by Gasteiger charge is 2.30. The maximum atomic E-state index is 12.7. The lowest BCUT2D eigenvalue weighted by Crippen LogP contribution is -2.39. The van der Waals surface area contributed by atoms with E-state index in [-0.39, 0.29) is 17.5 Å². The molecule has 2 heterocycles. The molecule has 1 fully saturated rings. The summed E-state index contributed by atoms with van der Waals surface area (Å²) in [5.74, 6) is 0.676. The molecule has 1 aromatic heterocycles. The molecule has 0 radical (unpaired) electrons. The number of hydrogen-bond acceptors (Lipinski definition) is 3. The van der Waals surface area contributed by atoms with Crippen molar-refractivity contribution in [1.29, 1.82) is 0 Å². The van der Waals surface area contributed by atoms with E-state index in [2.05, 4.69) is 71.1 Å². The molecule has 1 aromatic carbocycles. The van der Waals surface area contributed by atoms with Crippen LogP contribution >= 0.6 is 0 Å². The number of aromatic nitrogens is 2. The molecule has 0 spiro atoms. The van der Waals surface area contributed by atoms with E-state index in [1.54, 1.807) is 0 Å². The predicted octanol–water partition coefficient (Wildman–Crippen LogP) is 3.62. The third kappa shape index (κ3) is 4.00. The molecule has 1 saturated heterocycles. The summed E-state index contributed by atoms with van der Waals surface area (Å²) >= 11 is 0. The number of nitrogens with zero attached hydrogens (tertiary/aromatic N) is 3. The van der Waals surface area contributed by atoms with Gasteiger partial charge in [-0.15, -0.1) is 0 Å². The Morgan fingerprint density at radius 1 is 1.21 bits per heavy atom. The van der Waals surface area contributed by atoms with Crippen LogP contribution in [0.2, 0.25) is 0 Å². The molecular weight excluding hydrogens is 348 g/mol. The zero-order valence-corrected chi connectivity index (χ0v) is 17.3. The van der Waals surface area contributed by atoms with Gasteiger partial charge in [-0.3, -0.25) is 14.4 Å². The summed E-state index contributed by atoms with van der Waals surface area (Å²) in [6.07, 6.45) is 6.24. The van der Waals surface area contributed by atoms with Crippen molar-refractivity contribution in [3.63, 3.8) is 0 Å². The van der Waals surface area contributed by atoms with Crippen LogP contribution in [0.5, 0.6) is 0 Å². The predicted molar refractivity (Wildman–Crippen MR) is 111 cm³/mol. The quantitative estimate of drug-likeness (QED) is 0.881. The van der Waals surface area contributed by atoms with Gasteiger partial charge in [0.05, 0.1) is 24.3 Å². The maximum absolute atomic E-state index is 12.7. The largest absolute Gasteiger partial charge is 0.348 e. The van der Waals surface area contributed by atoms with E-state index in [4.69, 9.17) is 0 Å². The lowest BCUT2D eigenvalue weighted by atomic mass is 9.92. The second-order valence-corrected chi connectivity index (χ2v) is 9.27. The molecule has 1 aliphatic carbocycles. The van der Waals surface area contributed by atoms with E-state index in [0.717, 1.165) is 38.8 Å². The normalized spacial score (nSPS) is 22.8. The number of carbonyl (C=O) groups excluding carboxylic acids is 1. The Balaban J connectivity index is 1.36. The molecule has 1 N–H and O–H groups in total. The van der Waals surface area contributed by atoms with E-state index < -0.39 is 0 Å². The van der Waals surface area contributed by atoms with Gasteiger partial charge in [-0.1, -0.05) is 30.3 Å². The first kappa shape index (κ1) is 19.2. The minimum atomic E-state index is -0.0263. The molecule has 2 atom stereocenters. The summed E-state index contributed by atoms with van der Waals surface area (Å²) in [5, 5.41) is 7.92. The van der Waals surface area contributed by atoms with Gasteiger partial charge >= 0.3 is 0 Å². The summed E-state index contributed by atoms with van der Waals surface area (Å²) in [6, 6.07) is 10.8. The summed E-state index contributed by atoms with van der Waals surface area (Å²) in [6.45, 7) is 8.99. The first-order valence-electron chi connectivity index (χ1n) is 10.6. The Kier molecular flexibility index (Phi) is 5.28. The molecule has 1 aliphatic heterocycles. The maximum Gasteiger partial charge on any atom is 0.234 e. The fourth-order valence-corrected chi connectivity index (χ4v) is 4.70. The monoisotopic (exact) mass is 380 g/mol. The smallest absolute Gasteiger partial charge is 0.234 e. The standard InChI is InChI=1S/C23H32N4O/c1-23(2,3)27-21-11-7-10-20(19(21)14-24-27)25-22(28)16-26-13-12-18(15-26)17-8-5-4-6-9-17/h4-6,8-9,14,18,20H,7,10-13,15-16H2,1-3H3,(H,25,28). The minimum Gasteiger partial charge on any atom is -0.348 e. The van der Waals surface area contributed by atoms with Gasteiger partial charge in [0.25, 0.3) is 0 Å². The molecule has 2 unspecified atom stereocenters. The lowest BCUT2D eigenvalue weighted by molar-refractivity contribution is -0.122. The van der Waals surface area contributed by atoms with E-state index in [9.17, 15) is 4.79 Å². The molecule has 2 aliphatic rings. The number of hydrogen-bond donors (Lipinski definition) is 1. The topological polar surface area (TPSA) is 50.2 Å². The molecule has 1 amide bonds. The fourth-order valence-electron chi connectivity index (χ4n) is 4.70. The van der Waals surface area contributed by atoms with Gasteiger partial charge in [-0.25, -0.2) is 0 Å². The number of carbonyl (C=O) groups is 1. The SMILES string of the molecule is CC(C)(C)n1ncc2c1CCCC2NC(=O)CN1CCC(c2ccccc2)C1. The van der Waals surface area contributed by atoms with E-state index >= 15 is 0 Å². The molecule has 0 bridgehead atoms. The second-order valence-electron chi connectivity index (χ2n) is 9.27. The van der Waals surface area contributed by atoms with Crippen LogP contribution < -0.4 is 5.32 Å². The first-order valence-corrected chi connectivity index (χ1v) is 10.6. The van der Waals surface area contributed by atoms with Crippen LogP contribution in [0.15, 0.2) is 36.5 Å². The van der Waals surface area contributed by atoms with Crippen LogP contribution in [0.1, 0.15) is 68.8 Å². The Labute approximate surface area is 168 Å². The van der Waals surface area contributed by atoms with Crippen LogP contribution in [-0.2, 0) is 16.8 Å². The number of nitrogens with one attached hydrogen (secondary N) is 1. The summed E-state index contributed by atoms with van der Waals surface area (Å²) in [5.41, 5.74) is 3.85. The minimum absolute atomic E-state index is 0.0263. The Bertz CT molecular complexity index is 821. The van der Waals surface area contributed by atoms with Crippen molar-refractivity contribution in [3.8, 4) is 0 Å². The number of likely N-dealkylation sites (tertiary alicyclic amines) is 1. The average Bonchev–Trinajstić information content (AvgIpc) is 3.29. The Morgan fingerprint density at radius 3 is 2.75 bits per heavy atom. The van der Waals surface area contributed by atoms with Crippen LogP contribution in [0.3, 0.4) is 0 Å². The molecule has 4 rings (SSSR count). The molecule has 28 heavy (non-hydrogen) atoms. The van der Waals surface area contributed by atoms with Crippen molar-refractivity contribution in [3.05, 3.63) is 53.3 Å². The van der Waals surface area contributed by atoms with Crippen molar-refractivity contribution < 1.29 is 4.79 Å². The third-order valence-electron chi connectivity index (χ3n) is 6.06. The van der Waals surface area contributed by atoms with Crippen molar-refractivity contribution in [2.75, 3.05) is 19.6 Å². The highest BCUT2D eigenvalue weighted by molar-refractivity contribution is 5.78. The van der Waals surface area contributed by atoms with Gasteiger partial charge in [0.2, 0.25) is 5.91 Å². The molecular formula is C23H32N4O. The van der Waals surface area contributed by atoms with Crippen molar-refractivity contribution >= 4 is 5.91 Å². The lowest BCUT2D eigenvalue weighted by Gasteiger charge is -2.28. The van der Waals surface area contributed by atoms with Gasteiger partial charge in [-0.2, -0.15) is 5.10 Å². The fraction of sp³-hybridized carbons (Fsp3) is 0.565. The molecule has 2 aromatic rings. The number of fused-ring (bicyclic) bond motifs is 1. The number of benzene rings is 1. The van der Waals surface area contributed by atoms with E-state index in [1.165, 1.54) is 16.8 Å². The average molecular weight is 381 g/mol. The zero-order valence-electron chi connectivity index (χ0n) is 17.3. The van der Waals surface area contributed by atoms with Crippen molar-refractivity contribution in [2.45, 2.75) is 64.0 Å². The summed E-state index contributed by atoms with van der Waals surface area (Å²) in [4.78, 5) is 15.0. The van der Waals surface area contributed by atoms with Crippen LogP contribution in [0.4, 0.5) is 0 Å². The van der Waals surface area contributed by atoms with Gasteiger partial charge < -0.3 is 5.32 Å². The zero-order chi connectivity index (χ0) is 19.7. The third-order valence-corrected chi connectivity index (χ3v) is 6.06. The van der Waals surface area contributed by atoms with Crippen LogP contribution in [0, 0.1) is 0 Å². The number of rotatable bonds is 4. The van der Waals surface area contributed by atoms with Crippen LogP contribution in [0.25, 0.3) is 0 Å². The molecule has 5 heteroatoms. The molecule has 5 nitrogen and oxygen atoms in total. The highest BCUT2D eigenvalue weighted by Crippen LogP contribution is 2.32. The second kappa shape index (κ2) is 7.70. The summed E-state index contributed by atoms with van der Waals surface area (Å²) in [7, 11) is 0. The van der Waals surface area contributed by atoms with Crippen LogP contribution in [-0.4, -0.2) is 40.2 Å². The Morgan fingerprint density at radius 2 is 2.00 bits per heavy atom. The van der Waals surface area contributed by atoms with Crippen molar-refractivity contribution in [1.82, 2.24) is 20.0 Å². The van der Waals surface area contributed by atoms with Gasteiger partial charge in [0, 0.05) is 17.8 Å². The molecule has 150 valence electrons. The Hall–Kier alpha value is -2.14. The number of amides is 1. The first-order chi connectivity index (χ1) is 13.4. The van der Waals surface area contributed by atoms with Crippen molar-refractivity contribution in [2.24, 2.45) is 0 Å². The van der Waals surface area contributed by atoms with Gasteiger partial charge in [0.1, 0.15) is 0 Å². The summed E-state index contributed by atoms with van der Waals surface area (Å²) < 4.78 is 2.13. The highest BCUT2D eigenvalue weighted by atomic mass is 16.2. The molecule has 0 saturated carbocycles. The van der Waals surface area contributed by atoms with Gasteiger partial charge in [-0.05, 0) is 64.5 Å². The van der Waals surface area contributed by atoms with E-state index in [0.29, 0.717) is 12.5 Å². The van der Waals surface area contributed by atoms with Gasteiger partial charge in [0.15, 0.2) is 0 Å². The van der Waals surface area contributed by atoms with E-state index in [1.807, 2.05) is 6.20 Å².